The van der Waals surface area contributed by atoms with Crippen LogP contribution < -0.4 is 0 Å². The van der Waals surface area contributed by atoms with Gasteiger partial charge in [0.2, 0.25) is 0 Å². The van der Waals surface area contributed by atoms with Crippen molar-refractivity contribution >= 4 is 17.9 Å². The van der Waals surface area contributed by atoms with Crippen LogP contribution >= 0.6 is 0 Å². The summed E-state index contributed by atoms with van der Waals surface area (Å²) in [7, 11) is 0. The lowest BCUT2D eigenvalue weighted by molar-refractivity contribution is -0.167. The van der Waals surface area contributed by atoms with Crippen LogP contribution in [0.25, 0.3) is 0 Å². The highest BCUT2D eigenvalue weighted by Crippen LogP contribution is 2.15. The zero-order chi connectivity index (χ0) is 50.7. The Balaban J connectivity index is 4.42. The molecule has 0 aliphatic rings. The van der Waals surface area contributed by atoms with Gasteiger partial charge < -0.3 is 14.2 Å². The topological polar surface area (TPSA) is 78.9 Å². The van der Waals surface area contributed by atoms with Crippen LogP contribution in [0.2, 0.25) is 0 Å². The van der Waals surface area contributed by atoms with Gasteiger partial charge in [0.25, 0.3) is 0 Å². The number of rotatable bonds is 52. The fraction of sp³-hybridized carbons (Fsp3) is 0.703. The normalized spacial score (nSPS) is 12.8. The maximum Gasteiger partial charge on any atom is 0.306 e. The van der Waals surface area contributed by atoms with E-state index in [0.717, 1.165) is 141 Å². The van der Waals surface area contributed by atoms with Crippen molar-refractivity contribution in [3.05, 3.63) is 97.2 Å². The van der Waals surface area contributed by atoms with Gasteiger partial charge in [-0.25, -0.2) is 0 Å². The van der Waals surface area contributed by atoms with Crippen molar-refractivity contribution in [3.8, 4) is 0 Å². The van der Waals surface area contributed by atoms with Gasteiger partial charge in [0.1, 0.15) is 13.2 Å². The third-order valence-electron chi connectivity index (χ3n) is 12.3. The van der Waals surface area contributed by atoms with Crippen LogP contribution in [-0.2, 0) is 28.6 Å². The first kappa shape index (κ1) is 66.3. The molecule has 1 unspecified atom stereocenters. The van der Waals surface area contributed by atoms with E-state index < -0.39 is 6.10 Å². The number of hydrogen-bond acceptors (Lipinski definition) is 6. The van der Waals surface area contributed by atoms with Gasteiger partial charge in [0.15, 0.2) is 6.10 Å². The molecule has 1 atom stereocenters. The van der Waals surface area contributed by atoms with Crippen LogP contribution in [0.1, 0.15) is 271 Å². The summed E-state index contributed by atoms with van der Waals surface area (Å²) in [5.74, 6) is -0.926. The number of allylic oxidation sites excluding steroid dienone is 16. The molecule has 0 bridgehead atoms. The minimum Gasteiger partial charge on any atom is -0.462 e. The van der Waals surface area contributed by atoms with Crippen molar-refractivity contribution in [3.63, 3.8) is 0 Å². The number of ether oxygens (including phenoxy) is 3. The standard InChI is InChI=1S/C64H108O6/c1-4-7-10-13-16-19-22-25-27-29-31-32-33-35-36-39-42-45-48-51-54-57-63(66)69-60-61(59-68-62(65)56-53-50-47-44-41-38-24-21-18-15-12-9-6-3)70-64(67)58-55-52-49-46-43-40-37-34-30-28-26-23-20-17-14-11-8-5-2/h7,10,12,15-16,19,21,24-25,27-28,30-32,35-36,61H,4-6,8-9,11,13-14,17-18,20,22-23,26,29,33-34,37-60H2,1-3H3/b10-7-,15-12-,19-16-,24-21-,27-25-,30-28-,32-31-,36-35-. The largest absolute Gasteiger partial charge is 0.462 e. The quantitative estimate of drug-likeness (QED) is 0.0262. The summed E-state index contributed by atoms with van der Waals surface area (Å²) in [4.78, 5) is 38.2. The van der Waals surface area contributed by atoms with E-state index >= 15 is 0 Å². The molecule has 6 heteroatoms. The first-order valence-electron chi connectivity index (χ1n) is 29.2. The van der Waals surface area contributed by atoms with Crippen LogP contribution in [0.15, 0.2) is 97.2 Å². The molecule has 0 N–H and O–H groups in total. The van der Waals surface area contributed by atoms with E-state index in [4.69, 9.17) is 14.2 Å². The summed E-state index contributed by atoms with van der Waals surface area (Å²) in [5.41, 5.74) is 0. The lowest BCUT2D eigenvalue weighted by Gasteiger charge is -2.18. The molecular weight excluding hydrogens is 865 g/mol. The van der Waals surface area contributed by atoms with Crippen LogP contribution in [0.3, 0.4) is 0 Å². The summed E-state index contributed by atoms with van der Waals surface area (Å²) in [6.07, 6.45) is 76.8. The molecule has 0 aromatic heterocycles. The predicted octanol–water partition coefficient (Wildman–Crippen LogP) is 19.7. The molecule has 0 radical (unpaired) electrons. The van der Waals surface area contributed by atoms with Crippen molar-refractivity contribution in [1.82, 2.24) is 0 Å². The third kappa shape index (κ3) is 55.3. The Morgan fingerprint density at radius 2 is 0.586 bits per heavy atom. The van der Waals surface area contributed by atoms with E-state index in [2.05, 4.69) is 118 Å². The summed E-state index contributed by atoms with van der Waals surface area (Å²) >= 11 is 0. The van der Waals surface area contributed by atoms with E-state index in [1.54, 1.807) is 0 Å². The summed E-state index contributed by atoms with van der Waals surface area (Å²) < 4.78 is 16.8. The van der Waals surface area contributed by atoms with E-state index in [9.17, 15) is 14.4 Å². The molecule has 0 saturated carbocycles. The molecule has 0 rings (SSSR count). The monoisotopic (exact) mass is 973 g/mol. The zero-order valence-corrected chi connectivity index (χ0v) is 45.8. The van der Waals surface area contributed by atoms with Crippen molar-refractivity contribution in [2.45, 2.75) is 277 Å². The molecule has 0 heterocycles. The van der Waals surface area contributed by atoms with Crippen molar-refractivity contribution in [2.75, 3.05) is 13.2 Å². The van der Waals surface area contributed by atoms with Gasteiger partial charge in [0.05, 0.1) is 0 Å². The third-order valence-corrected chi connectivity index (χ3v) is 12.3. The molecule has 400 valence electrons. The molecule has 70 heavy (non-hydrogen) atoms. The Morgan fingerprint density at radius 3 is 0.943 bits per heavy atom. The minimum atomic E-state index is -0.795. The summed E-state index contributed by atoms with van der Waals surface area (Å²) in [6.45, 7) is 6.44. The minimum absolute atomic E-state index is 0.0932. The summed E-state index contributed by atoms with van der Waals surface area (Å²) in [6, 6.07) is 0. The Bertz CT molecular complexity index is 1400. The van der Waals surface area contributed by atoms with Crippen molar-refractivity contribution < 1.29 is 28.6 Å². The molecule has 0 saturated heterocycles. The highest BCUT2D eigenvalue weighted by atomic mass is 16.6. The molecule has 0 amide bonds. The van der Waals surface area contributed by atoms with Gasteiger partial charge in [-0.3, -0.25) is 14.4 Å². The Kier molecular flexibility index (Phi) is 54.9. The average Bonchev–Trinajstić information content (AvgIpc) is 3.36. The maximum atomic E-state index is 12.9. The second-order valence-corrected chi connectivity index (χ2v) is 19.2. The van der Waals surface area contributed by atoms with Gasteiger partial charge in [0, 0.05) is 19.3 Å². The van der Waals surface area contributed by atoms with Crippen LogP contribution in [-0.4, -0.2) is 37.2 Å². The van der Waals surface area contributed by atoms with Crippen molar-refractivity contribution in [2.24, 2.45) is 0 Å². The van der Waals surface area contributed by atoms with Gasteiger partial charge in [-0.15, -0.1) is 0 Å². The first-order valence-corrected chi connectivity index (χ1v) is 29.2. The highest BCUT2D eigenvalue weighted by molar-refractivity contribution is 5.71. The van der Waals surface area contributed by atoms with E-state index in [1.807, 2.05) is 0 Å². The number of carbonyl (C=O) groups excluding carboxylic acids is 3. The Labute approximate surface area is 432 Å². The van der Waals surface area contributed by atoms with Gasteiger partial charge in [-0.2, -0.15) is 0 Å². The molecular formula is C64H108O6. The number of carbonyl (C=O) groups is 3. The average molecular weight is 974 g/mol. The van der Waals surface area contributed by atoms with Gasteiger partial charge in [-0.05, 0) is 116 Å². The molecule has 0 aromatic carbocycles. The number of unbranched alkanes of at least 4 members (excludes halogenated alkanes) is 25. The van der Waals surface area contributed by atoms with E-state index in [0.29, 0.717) is 19.3 Å². The van der Waals surface area contributed by atoms with Gasteiger partial charge >= 0.3 is 17.9 Å². The number of hydrogen-bond donors (Lipinski definition) is 0. The zero-order valence-electron chi connectivity index (χ0n) is 45.8. The Morgan fingerprint density at radius 1 is 0.300 bits per heavy atom. The second-order valence-electron chi connectivity index (χ2n) is 19.2. The molecule has 0 aromatic rings. The fourth-order valence-electron chi connectivity index (χ4n) is 7.91. The van der Waals surface area contributed by atoms with Crippen LogP contribution in [0.5, 0.6) is 0 Å². The van der Waals surface area contributed by atoms with Gasteiger partial charge in [-0.1, -0.05) is 234 Å². The molecule has 6 nitrogen and oxygen atoms in total. The lowest BCUT2D eigenvalue weighted by Crippen LogP contribution is -2.30. The molecule has 0 spiro atoms. The SMILES string of the molecule is CC/C=C\C/C=C\C/C=C\C/C=C\C/C=C\CCCCCCCC(=O)OCC(COC(=O)CCCCCCC/C=C\C/C=C\CCC)OC(=O)CCCCCCCCC/C=C\CCCCCCCCC. The predicted molar refractivity (Wildman–Crippen MR) is 302 cm³/mol. The Hall–Kier alpha value is -3.67. The van der Waals surface area contributed by atoms with Crippen molar-refractivity contribution in [1.29, 1.82) is 0 Å². The molecule has 0 aliphatic heterocycles. The van der Waals surface area contributed by atoms with Crippen LogP contribution in [0, 0.1) is 0 Å². The van der Waals surface area contributed by atoms with Crippen LogP contribution in [0.4, 0.5) is 0 Å². The first-order chi connectivity index (χ1) is 34.5. The van der Waals surface area contributed by atoms with E-state index in [1.165, 1.54) is 89.9 Å². The smallest absolute Gasteiger partial charge is 0.306 e. The lowest BCUT2D eigenvalue weighted by atomic mass is 10.1. The summed E-state index contributed by atoms with van der Waals surface area (Å²) in [5, 5.41) is 0. The molecule has 0 fully saturated rings. The second kappa shape index (κ2) is 57.9. The fourth-order valence-corrected chi connectivity index (χ4v) is 7.91. The highest BCUT2D eigenvalue weighted by Gasteiger charge is 2.19. The number of esters is 3. The van der Waals surface area contributed by atoms with E-state index in [-0.39, 0.29) is 31.1 Å². The maximum absolute atomic E-state index is 12.9. The molecule has 0 aliphatic carbocycles.